The minimum absolute atomic E-state index is 0.0977. The molecule has 0 aliphatic carbocycles. The number of amidine groups is 1. The molecule has 2 aliphatic heterocycles. The number of aliphatic carboxylic acids is 1. The van der Waals surface area contributed by atoms with E-state index in [2.05, 4.69) is 21.1 Å². The Labute approximate surface area is 249 Å². The van der Waals surface area contributed by atoms with Crippen molar-refractivity contribution in [3.8, 4) is 12.3 Å². The summed E-state index contributed by atoms with van der Waals surface area (Å²) in [6, 6.07) is 6.50. The number of urea groups is 1. The molecule has 0 spiro atoms. The van der Waals surface area contributed by atoms with Crippen LogP contribution in [0.3, 0.4) is 0 Å². The molecule has 2 aromatic rings. The van der Waals surface area contributed by atoms with Crippen molar-refractivity contribution in [2.75, 3.05) is 52.9 Å². The van der Waals surface area contributed by atoms with Crippen LogP contribution in [0, 0.1) is 17.8 Å². The predicted octanol–water partition coefficient (Wildman–Crippen LogP) is 2.81. The van der Waals surface area contributed by atoms with E-state index >= 15 is 0 Å². The summed E-state index contributed by atoms with van der Waals surface area (Å²) in [4.78, 5) is 52.7. The molecule has 11 nitrogen and oxygen atoms in total. The molecule has 1 aromatic heterocycles. The summed E-state index contributed by atoms with van der Waals surface area (Å²) in [7, 11) is 1.62. The van der Waals surface area contributed by atoms with Crippen LogP contribution in [-0.2, 0) is 14.3 Å². The molecule has 2 aliphatic rings. The number of terminal acetylenes is 1. The lowest BCUT2D eigenvalue weighted by atomic mass is 9.92. The third-order valence-corrected chi connectivity index (χ3v) is 8.01. The summed E-state index contributed by atoms with van der Waals surface area (Å²) >= 11 is 1.43. The zero-order chi connectivity index (χ0) is 30.4. The van der Waals surface area contributed by atoms with E-state index in [-0.39, 0.29) is 19.2 Å². The molecule has 42 heavy (non-hydrogen) atoms. The number of carbonyl (C=O) groups excluding carboxylic acids is 2. The number of carboxylic acid groups (broad SMARTS) is 1. The van der Waals surface area contributed by atoms with Crippen LogP contribution in [0.25, 0.3) is 0 Å². The highest BCUT2D eigenvalue weighted by atomic mass is 32.1. The topological polar surface area (TPSA) is 128 Å². The van der Waals surface area contributed by atoms with Gasteiger partial charge in [0, 0.05) is 69.2 Å². The minimum atomic E-state index is -1.06. The van der Waals surface area contributed by atoms with Gasteiger partial charge in [-0.2, -0.15) is 0 Å². The molecule has 3 heterocycles. The van der Waals surface area contributed by atoms with Gasteiger partial charge in [0.2, 0.25) is 0 Å². The molecule has 12 heteroatoms. The van der Waals surface area contributed by atoms with E-state index < -0.39 is 23.4 Å². The maximum absolute atomic E-state index is 13.4. The number of hydrogen-bond donors (Lipinski definition) is 2. The van der Waals surface area contributed by atoms with Crippen LogP contribution in [0.15, 0.2) is 52.1 Å². The van der Waals surface area contributed by atoms with Gasteiger partial charge in [-0.3, -0.25) is 14.7 Å². The van der Waals surface area contributed by atoms with Crippen molar-refractivity contribution < 1.29 is 24.2 Å². The van der Waals surface area contributed by atoms with Crippen LogP contribution in [0.2, 0.25) is 0 Å². The highest BCUT2D eigenvalue weighted by Crippen LogP contribution is 2.35. The first kappa shape index (κ1) is 30.7. The average molecular weight is 593 g/mol. The van der Waals surface area contributed by atoms with Gasteiger partial charge in [0.15, 0.2) is 10.8 Å². The van der Waals surface area contributed by atoms with E-state index in [1.807, 2.05) is 29.6 Å². The number of thiazole rings is 1. The van der Waals surface area contributed by atoms with Gasteiger partial charge in [-0.15, -0.1) is 17.8 Å². The molecule has 4 rings (SSSR count). The average Bonchev–Trinajstić information content (AvgIpc) is 3.52. The Morgan fingerprint density at radius 2 is 1.95 bits per heavy atom. The quantitative estimate of drug-likeness (QED) is 0.336. The second-order valence-corrected chi connectivity index (χ2v) is 11.7. The molecule has 1 unspecified atom stereocenters. The van der Waals surface area contributed by atoms with E-state index in [4.69, 9.17) is 16.2 Å². The standard InChI is InChI=1S/C30H36N6O5S/c1-6-20-10-8-9-11-21(20)24-23(27(37)41-7-2)22(32-25(33-24)26-31-12-17-42-26)18-35-13-15-36(16-14-35)29(40)34(5)19-30(3,4)28(38)39/h1,8-12,17,24H,7,13-16,18-19H2,2-5H3,(H,32,33)(H,38,39). The number of aliphatic imine (C=N–C) groups is 1. The molecule has 1 fully saturated rings. The fourth-order valence-electron chi connectivity index (χ4n) is 5.00. The Bertz CT molecular complexity index is 1420. The van der Waals surface area contributed by atoms with Gasteiger partial charge in [-0.05, 0) is 32.4 Å². The summed E-state index contributed by atoms with van der Waals surface area (Å²) in [6.07, 6.45) is 7.53. The zero-order valence-electron chi connectivity index (χ0n) is 24.3. The van der Waals surface area contributed by atoms with E-state index in [0.717, 1.165) is 5.56 Å². The summed E-state index contributed by atoms with van der Waals surface area (Å²) in [6.45, 7) is 7.66. The number of benzene rings is 1. The molecule has 222 valence electrons. The summed E-state index contributed by atoms with van der Waals surface area (Å²) < 4.78 is 5.49. The smallest absolute Gasteiger partial charge is 0.338 e. The number of hydrogen-bond acceptors (Lipinski definition) is 9. The molecular weight excluding hydrogens is 556 g/mol. The molecule has 0 radical (unpaired) electrons. The van der Waals surface area contributed by atoms with Crippen molar-refractivity contribution in [2.24, 2.45) is 10.4 Å². The van der Waals surface area contributed by atoms with E-state index in [1.54, 1.807) is 38.9 Å². The van der Waals surface area contributed by atoms with Gasteiger partial charge in [0.05, 0.1) is 17.6 Å². The molecular formula is C30H36N6O5S. The lowest BCUT2D eigenvalue weighted by molar-refractivity contribution is -0.147. The number of ether oxygens (including phenoxy) is 1. The highest BCUT2D eigenvalue weighted by molar-refractivity contribution is 7.11. The third kappa shape index (κ3) is 6.80. The second kappa shape index (κ2) is 13.2. The number of aromatic nitrogens is 1. The van der Waals surface area contributed by atoms with Crippen molar-refractivity contribution >= 4 is 35.1 Å². The number of amides is 2. The largest absolute Gasteiger partial charge is 0.481 e. The first-order valence-corrected chi connectivity index (χ1v) is 14.6. The Kier molecular flexibility index (Phi) is 9.65. The van der Waals surface area contributed by atoms with Crippen molar-refractivity contribution in [3.05, 3.63) is 63.2 Å². The van der Waals surface area contributed by atoms with Crippen molar-refractivity contribution in [1.29, 1.82) is 0 Å². The molecule has 1 aromatic carbocycles. The molecule has 0 saturated carbocycles. The number of esters is 1. The van der Waals surface area contributed by atoms with Crippen molar-refractivity contribution in [2.45, 2.75) is 26.8 Å². The maximum Gasteiger partial charge on any atom is 0.338 e. The van der Waals surface area contributed by atoms with Crippen LogP contribution in [-0.4, -0.2) is 102 Å². The van der Waals surface area contributed by atoms with Crippen LogP contribution < -0.4 is 5.32 Å². The Hall–Kier alpha value is -4.21. The predicted molar refractivity (Wildman–Crippen MR) is 160 cm³/mol. The van der Waals surface area contributed by atoms with Gasteiger partial charge in [-0.1, -0.05) is 24.1 Å². The number of nitrogens with zero attached hydrogens (tertiary/aromatic N) is 5. The first-order chi connectivity index (χ1) is 20.1. The van der Waals surface area contributed by atoms with E-state index in [1.165, 1.54) is 16.2 Å². The summed E-state index contributed by atoms with van der Waals surface area (Å²) in [5.74, 6) is 1.82. The lowest BCUT2D eigenvalue weighted by Gasteiger charge is -2.38. The first-order valence-electron chi connectivity index (χ1n) is 13.7. The second-order valence-electron chi connectivity index (χ2n) is 10.8. The number of carbonyl (C=O) groups is 3. The fourth-order valence-corrected chi connectivity index (χ4v) is 5.59. The normalized spacial score (nSPS) is 17.6. The van der Waals surface area contributed by atoms with Crippen LogP contribution in [0.4, 0.5) is 4.79 Å². The monoisotopic (exact) mass is 592 g/mol. The maximum atomic E-state index is 13.4. The van der Waals surface area contributed by atoms with E-state index in [9.17, 15) is 19.5 Å². The Morgan fingerprint density at radius 1 is 1.24 bits per heavy atom. The van der Waals surface area contributed by atoms with Crippen LogP contribution in [0.1, 0.15) is 42.9 Å². The zero-order valence-corrected chi connectivity index (χ0v) is 25.1. The molecule has 2 amide bonds. The van der Waals surface area contributed by atoms with Gasteiger partial charge < -0.3 is 25.0 Å². The molecule has 1 saturated heterocycles. The van der Waals surface area contributed by atoms with Crippen LogP contribution >= 0.6 is 11.3 Å². The number of carboxylic acids is 1. The van der Waals surface area contributed by atoms with Crippen LogP contribution in [0.5, 0.6) is 0 Å². The minimum Gasteiger partial charge on any atom is -0.481 e. The SMILES string of the molecule is C#Cc1ccccc1C1N=C(c2nccs2)NC(CN2CCN(C(=O)N(C)CC(C)(C)C(=O)O)CC2)=C1C(=O)OCC. The summed E-state index contributed by atoms with van der Waals surface area (Å²) in [5.41, 5.74) is 1.33. The highest BCUT2D eigenvalue weighted by Gasteiger charge is 2.36. The fraction of sp³-hybridized carbons (Fsp3) is 0.433. The number of nitrogens with one attached hydrogen (secondary N) is 1. The summed E-state index contributed by atoms with van der Waals surface area (Å²) in [5, 5.41) is 15.3. The van der Waals surface area contributed by atoms with Gasteiger partial charge in [0.25, 0.3) is 0 Å². The molecule has 0 bridgehead atoms. The third-order valence-electron chi connectivity index (χ3n) is 7.23. The number of piperazine rings is 1. The van der Waals surface area contributed by atoms with Gasteiger partial charge in [-0.25, -0.2) is 14.6 Å². The Balaban J connectivity index is 1.59. The van der Waals surface area contributed by atoms with Crippen molar-refractivity contribution in [3.63, 3.8) is 0 Å². The number of rotatable bonds is 9. The van der Waals surface area contributed by atoms with E-state index in [0.29, 0.717) is 60.4 Å². The van der Waals surface area contributed by atoms with Gasteiger partial charge >= 0.3 is 18.0 Å². The lowest BCUT2D eigenvalue weighted by Crippen LogP contribution is -2.54. The van der Waals surface area contributed by atoms with Crippen molar-refractivity contribution in [1.82, 2.24) is 25.0 Å². The molecule has 1 atom stereocenters. The van der Waals surface area contributed by atoms with Gasteiger partial charge in [0.1, 0.15) is 6.04 Å². The Morgan fingerprint density at radius 3 is 2.57 bits per heavy atom. The molecule has 2 N–H and O–H groups in total.